The van der Waals surface area contributed by atoms with Crippen LogP contribution >= 0.6 is 0 Å². The van der Waals surface area contributed by atoms with E-state index in [9.17, 15) is 0 Å². The van der Waals surface area contributed by atoms with E-state index < -0.39 is 5.41 Å². The van der Waals surface area contributed by atoms with Crippen molar-refractivity contribution in [1.29, 1.82) is 0 Å². The molecule has 1 aliphatic heterocycles. The Labute approximate surface area is 300 Å². The molecule has 10 rings (SSSR count). The minimum atomic E-state index is -0.634. The number of aromatic nitrogens is 1. The second kappa shape index (κ2) is 11.4. The maximum Gasteiger partial charge on any atom is 4.00 e. The molecule has 0 spiro atoms. The largest absolute Gasteiger partial charge is 4.00 e. The fraction of sp³-hybridized carbons (Fsp3) is 0.0444. The van der Waals surface area contributed by atoms with E-state index in [0.29, 0.717) is 0 Å². The van der Waals surface area contributed by atoms with E-state index in [4.69, 9.17) is 0 Å². The first-order chi connectivity index (χ1) is 23.7. The minimum Gasteiger partial charge on any atom is -0.504 e. The van der Waals surface area contributed by atoms with E-state index in [2.05, 4.69) is 186 Å². The van der Waals surface area contributed by atoms with Crippen LogP contribution < -0.4 is 9.80 Å². The fourth-order valence-electron chi connectivity index (χ4n) is 8.14. The molecule has 2 aliphatic rings. The van der Waals surface area contributed by atoms with Gasteiger partial charge in [-0.3, -0.25) is 0 Å². The molecule has 0 amide bonds. The van der Waals surface area contributed by atoms with Crippen molar-refractivity contribution in [3.05, 3.63) is 199 Å². The molecule has 8 aromatic rings. The van der Waals surface area contributed by atoms with Gasteiger partial charge in [-0.15, -0.1) is 28.3 Å². The summed E-state index contributed by atoms with van der Waals surface area (Å²) in [5.74, 6) is 0. The quantitative estimate of drug-likeness (QED) is 0.164. The maximum atomic E-state index is 3.96. The first-order valence-corrected chi connectivity index (χ1v) is 16.3. The molecule has 4 heteroatoms. The molecule has 49 heavy (non-hydrogen) atoms. The molecule has 1 aromatic heterocycles. The summed E-state index contributed by atoms with van der Waals surface area (Å²) in [6.45, 7) is 2.15. The van der Waals surface area contributed by atoms with Gasteiger partial charge >= 0.3 is 21.1 Å². The van der Waals surface area contributed by atoms with Crippen LogP contribution in [0.1, 0.15) is 22.3 Å². The predicted octanol–water partition coefficient (Wildman–Crippen LogP) is 10.3. The van der Waals surface area contributed by atoms with Crippen molar-refractivity contribution in [1.82, 2.24) is 4.57 Å². The number of benzene rings is 7. The van der Waals surface area contributed by atoms with Gasteiger partial charge in [-0.1, -0.05) is 90.1 Å². The van der Waals surface area contributed by atoms with Crippen molar-refractivity contribution in [3.8, 4) is 16.8 Å². The first kappa shape index (κ1) is 29.7. The minimum absolute atomic E-state index is 0. The van der Waals surface area contributed by atoms with Crippen LogP contribution in [0.2, 0.25) is 0 Å². The Balaban J connectivity index is 0.00000325. The molecular weight excluding hydrogens is 778 g/mol. The summed E-state index contributed by atoms with van der Waals surface area (Å²) in [5, 5.41) is 2.40. The molecule has 0 saturated heterocycles. The summed E-state index contributed by atoms with van der Waals surface area (Å²) in [6.07, 6.45) is 0. The van der Waals surface area contributed by atoms with Gasteiger partial charge in [0.1, 0.15) is 0 Å². The van der Waals surface area contributed by atoms with E-state index in [0.717, 1.165) is 39.2 Å². The number of para-hydroxylation sites is 4. The summed E-state index contributed by atoms with van der Waals surface area (Å²) in [6, 6.07) is 65.5. The molecule has 234 valence electrons. The second-order valence-corrected chi connectivity index (χ2v) is 12.6. The van der Waals surface area contributed by atoms with E-state index in [1.165, 1.54) is 38.7 Å². The van der Waals surface area contributed by atoms with Crippen LogP contribution in [-0.2, 0) is 26.5 Å². The molecule has 0 unspecified atom stereocenters. The number of hydrogen-bond donors (Lipinski definition) is 0. The fourth-order valence-corrected chi connectivity index (χ4v) is 8.14. The van der Waals surface area contributed by atoms with Gasteiger partial charge in [-0.25, -0.2) is 0 Å². The molecule has 0 saturated carbocycles. The van der Waals surface area contributed by atoms with Crippen molar-refractivity contribution in [3.63, 3.8) is 0 Å². The van der Waals surface area contributed by atoms with E-state index in [-0.39, 0.29) is 21.1 Å². The van der Waals surface area contributed by atoms with E-state index in [1.807, 2.05) is 12.1 Å². The third-order valence-corrected chi connectivity index (χ3v) is 10.1. The zero-order chi connectivity index (χ0) is 31.8. The third-order valence-electron chi connectivity index (χ3n) is 10.1. The molecule has 7 aromatic carbocycles. The Morgan fingerprint density at radius 2 is 1.24 bits per heavy atom. The maximum absolute atomic E-state index is 3.96. The zero-order valence-electron chi connectivity index (χ0n) is 26.7. The van der Waals surface area contributed by atoms with Gasteiger partial charge in [0, 0.05) is 22.3 Å². The summed E-state index contributed by atoms with van der Waals surface area (Å²) < 4.78 is 2.30. The molecule has 1 aliphatic carbocycles. The Hall–Kier alpha value is -5.37. The molecule has 0 bridgehead atoms. The van der Waals surface area contributed by atoms with Crippen molar-refractivity contribution >= 4 is 38.9 Å². The van der Waals surface area contributed by atoms with E-state index >= 15 is 0 Å². The monoisotopic (exact) mass is 806 g/mol. The number of fused-ring (bicyclic) bond motifs is 7. The van der Waals surface area contributed by atoms with Crippen molar-refractivity contribution in [2.75, 3.05) is 16.8 Å². The SMILES string of the molecule is CN1[CH-]N(c2[c-]c(C3(c4[c-]cc5c(c4)c4ccccc4n5-c4[c-]cccc4)c4ccccc4-c4ccccc43)ccc2)c2ccccc21.[Pt+4]. The van der Waals surface area contributed by atoms with E-state index in [1.54, 1.807) is 0 Å². The van der Waals surface area contributed by atoms with Gasteiger partial charge in [0.05, 0.1) is 0 Å². The second-order valence-electron chi connectivity index (χ2n) is 12.6. The summed E-state index contributed by atoms with van der Waals surface area (Å²) >= 11 is 0. The van der Waals surface area contributed by atoms with Crippen LogP contribution in [-0.4, -0.2) is 11.6 Å². The van der Waals surface area contributed by atoms with Gasteiger partial charge in [-0.2, -0.15) is 73.4 Å². The molecule has 3 nitrogen and oxygen atoms in total. The van der Waals surface area contributed by atoms with Gasteiger partial charge in [0.2, 0.25) is 0 Å². The average molecular weight is 807 g/mol. The Morgan fingerprint density at radius 1 is 0.571 bits per heavy atom. The topological polar surface area (TPSA) is 11.4 Å². The molecule has 0 fully saturated rings. The first-order valence-electron chi connectivity index (χ1n) is 16.3. The third kappa shape index (κ3) is 4.19. The van der Waals surface area contributed by atoms with Crippen LogP contribution in [0, 0.1) is 24.9 Å². The van der Waals surface area contributed by atoms with Crippen molar-refractivity contribution in [2.45, 2.75) is 5.41 Å². The number of rotatable bonds is 4. The van der Waals surface area contributed by atoms with Crippen molar-refractivity contribution < 1.29 is 21.1 Å². The molecule has 0 atom stereocenters. The van der Waals surface area contributed by atoms with Crippen molar-refractivity contribution in [2.24, 2.45) is 0 Å². The molecular formula is C45H29N3Pt. The zero-order valence-corrected chi connectivity index (χ0v) is 28.9. The Morgan fingerprint density at radius 3 is 2.02 bits per heavy atom. The average Bonchev–Trinajstić information content (AvgIpc) is 3.78. The summed E-state index contributed by atoms with van der Waals surface area (Å²) in [7, 11) is 2.10. The van der Waals surface area contributed by atoms with Gasteiger partial charge in [0.25, 0.3) is 0 Å². The number of hydrogen-bond acceptors (Lipinski definition) is 2. The Kier molecular flexibility index (Phi) is 6.90. The van der Waals surface area contributed by atoms with Gasteiger partial charge in [0.15, 0.2) is 0 Å². The van der Waals surface area contributed by atoms with Gasteiger partial charge < -0.3 is 14.4 Å². The predicted molar refractivity (Wildman–Crippen MR) is 196 cm³/mol. The standard InChI is InChI=1S/C45H29N3.Pt/c1-46-30-47(44-25-12-11-24-43(44)46)34-17-13-14-31(28-34)45(39-21-8-5-18-35(39)36-19-6-9-22-40(36)45)32-26-27-42-38(29-32)37-20-7-10-23-41(37)48(42)33-15-3-2-4-16-33;/h2-15,17-25,27,29-30H,1H3;/q-4;+4. The van der Waals surface area contributed by atoms with Crippen LogP contribution in [0.5, 0.6) is 0 Å². The van der Waals surface area contributed by atoms with Gasteiger partial charge in [-0.05, 0) is 52.9 Å². The molecule has 0 radical (unpaired) electrons. The van der Waals surface area contributed by atoms with Crippen LogP contribution in [0.25, 0.3) is 38.6 Å². The number of nitrogens with zero attached hydrogens (tertiary/aromatic N) is 3. The summed E-state index contributed by atoms with van der Waals surface area (Å²) in [4.78, 5) is 4.42. The Bertz CT molecular complexity index is 2490. The van der Waals surface area contributed by atoms with Crippen LogP contribution in [0.15, 0.2) is 152 Å². The summed E-state index contributed by atoms with van der Waals surface area (Å²) in [5.41, 5.74) is 13.2. The number of anilines is 3. The van der Waals surface area contributed by atoms with Crippen LogP contribution in [0.3, 0.4) is 0 Å². The molecule has 2 heterocycles. The molecule has 0 N–H and O–H groups in total. The normalized spacial score (nSPS) is 14.1. The van der Waals surface area contributed by atoms with Crippen LogP contribution in [0.4, 0.5) is 17.1 Å². The smallest absolute Gasteiger partial charge is 0.504 e.